The van der Waals surface area contributed by atoms with Gasteiger partial charge < -0.3 is 10.6 Å². The zero-order valence-corrected chi connectivity index (χ0v) is 14.3. The molecular weight excluding hydrogens is 336 g/mol. The Morgan fingerprint density at radius 2 is 1.68 bits per heavy atom. The summed E-state index contributed by atoms with van der Waals surface area (Å²) >= 11 is 1.19. The van der Waals surface area contributed by atoms with Crippen LogP contribution in [0.25, 0.3) is 0 Å². The van der Waals surface area contributed by atoms with Gasteiger partial charge in [0.25, 0.3) is 5.91 Å². The van der Waals surface area contributed by atoms with E-state index in [1.54, 1.807) is 23.6 Å². The summed E-state index contributed by atoms with van der Waals surface area (Å²) in [6.07, 6.45) is 0. The van der Waals surface area contributed by atoms with Crippen LogP contribution >= 0.6 is 11.3 Å². The van der Waals surface area contributed by atoms with Crippen molar-refractivity contribution in [3.05, 3.63) is 71.2 Å². The molecule has 25 heavy (non-hydrogen) atoms. The average molecular weight is 352 g/mol. The van der Waals surface area contributed by atoms with Gasteiger partial charge in [0.1, 0.15) is 5.69 Å². The highest BCUT2D eigenvalue weighted by atomic mass is 32.1. The van der Waals surface area contributed by atoms with Crippen LogP contribution in [0, 0.1) is 6.92 Å². The Balaban J connectivity index is 1.59. The number of thiazole rings is 1. The van der Waals surface area contributed by atoms with Crippen LogP contribution in [0.4, 0.5) is 21.3 Å². The number of amides is 3. The van der Waals surface area contributed by atoms with Crippen molar-refractivity contribution in [3.8, 4) is 0 Å². The minimum atomic E-state index is -0.407. The predicted octanol–water partition coefficient (Wildman–Crippen LogP) is 4.35. The first kappa shape index (κ1) is 16.7. The van der Waals surface area contributed by atoms with Gasteiger partial charge in [0.2, 0.25) is 0 Å². The van der Waals surface area contributed by atoms with E-state index in [-0.39, 0.29) is 11.6 Å². The van der Waals surface area contributed by atoms with Crippen LogP contribution in [0.1, 0.15) is 16.1 Å². The van der Waals surface area contributed by atoms with Crippen LogP contribution in [0.5, 0.6) is 0 Å². The molecular formula is C18H16N4O2S. The largest absolute Gasteiger partial charge is 0.325 e. The molecule has 0 radical (unpaired) electrons. The van der Waals surface area contributed by atoms with Gasteiger partial charge in [-0.3, -0.25) is 10.1 Å². The Kier molecular flexibility index (Phi) is 5.06. The number of hydrogen-bond acceptors (Lipinski definition) is 4. The van der Waals surface area contributed by atoms with Crippen molar-refractivity contribution in [2.45, 2.75) is 6.92 Å². The molecule has 3 amide bonds. The second kappa shape index (κ2) is 7.59. The van der Waals surface area contributed by atoms with E-state index in [1.807, 2.05) is 43.3 Å². The minimum absolute atomic E-state index is 0.250. The van der Waals surface area contributed by atoms with Crippen molar-refractivity contribution in [1.29, 1.82) is 0 Å². The normalized spacial score (nSPS) is 10.1. The van der Waals surface area contributed by atoms with Crippen LogP contribution < -0.4 is 16.0 Å². The van der Waals surface area contributed by atoms with Crippen LogP contribution in [0.2, 0.25) is 0 Å². The summed E-state index contributed by atoms with van der Waals surface area (Å²) in [7, 11) is 0. The standard InChI is InChI=1S/C18H16N4O2S/c1-12-6-5-9-14(10-12)20-17(24)22-18-21-15(11-25-18)16(23)19-13-7-3-2-4-8-13/h2-11H,1H3,(H,19,23)(H2,20,21,22,24). The number of nitrogens with one attached hydrogen (secondary N) is 3. The van der Waals surface area contributed by atoms with Gasteiger partial charge in [-0.15, -0.1) is 11.3 Å². The average Bonchev–Trinajstić information content (AvgIpc) is 3.04. The predicted molar refractivity (Wildman–Crippen MR) is 100 cm³/mol. The van der Waals surface area contributed by atoms with E-state index < -0.39 is 6.03 Å². The van der Waals surface area contributed by atoms with Crippen LogP contribution in [0.15, 0.2) is 60.0 Å². The number of carbonyl (C=O) groups excluding carboxylic acids is 2. The molecule has 0 spiro atoms. The van der Waals surface area contributed by atoms with Crippen molar-refractivity contribution in [2.24, 2.45) is 0 Å². The van der Waals surface area contributed by atoms with Gasteiger partial charge in [-0.05, 0) is 36.8 Å². The van der Waals surface area contributed by atoms with Crippen molar-refractivity contribution >= 4 is 39.8 Å². The topological polar surface area (TPSA) is 83.1 Å². The lowest BCUT2D eigenvalue weighted by Crippen LogP contribution is -2.19. The van der Waals surface area contributed by atoms with Gasteiger partial charge >= 0.3 is 6.03 Å². The van der Waals surface area contributed by atoms with Crippen LogP contribution in [-0.2, 0) is 0 Å². The van der Waals surface area contributed by atoms with E-state index in [0.717, 1.165) is 5.56 Å². The Hall–Kier alpha value is -3.19. The lowest BCUT2D eigenvalue weighted by molar-refractivity contribution is 0.102. The van der Waals surface area contributed by atoms with Gasteiger partial charge in [-0.25, -0.2) is 9.78 Å². The fourth-order valence-corrected chi connectivity index (χ4v) is 2.82. The molecule has 0 atom stereocenters. The molecule has 3 rings (SSSR count). The molecule has 1 heterocycles. The molecule has 0 fully saturated rings. The first-order valence-corrected chi connectivity index (χ1v) is 8.45. The number of aryl methyl sites for hydroxylation is 1. The SMILES string of the molecule is Cc1cccc(NC(=O)Nc2nc(C(=O)Nc3ccccc3)cs2)c1. The number of hydrogen-bond donors (Lipinski definition) is 3. The Morgan fingerprint density at radius 3 is 2.44 bits per heavy atom. The molecule has 1 aromatic heterocycles. The highest BCUT2D eigenvalue weighted by Crippen LogP contribution is 2.18. The third kappa shape index (κ3) is 4.65. The number of benzene rings is 2. The van der Waals surface area contributed by atoms with Gasteiger partial charge in [-0.1, -0.05) is 30.3 Å². The van der Waals surface area contributed by atoms with Crippen molar-refractivity contribution in [1.82, 2.24) is 4.98 Å². The molecule has 0 saturated carbocycles. The van der Waals surface area contributed by atoms with Crippen LogP contribution in [0.3, 0.4) is 0 Å². The summed E-state index contributed by atoms with van der Waals surface area (Å²) in [5.74, 6) is -0.324. The summed E-state index contributed by atoms with van der Waals surface area (Å²) in [5, 5.41) is 10.0. The highest BCUT2D eigenvalue weighted by molar-refractivity contribution is 7.14. The number of aromatic nitrogens is 1. The minimum Gasteiger partial charge on any atom is -0.321 e. The Morgan fingerprint density at radius 1 is 0.920 bits per heavy atom. The molecule has 0 aliphatic heterocycles. The highest BCUT2D eigenvalue weighted by Gasteiger charge is 2.12. The van der Waals surface area contributed by atoms with E-state index in [4.69, 9.17) is 0 Å². The fourth-order valence-electron chi connectivity index (χ4n) is 2.13. The fraction of sp³-hybridized carbons (Fsp3) is 0.0556. The number of carbonyl (C=O) groups is 2. The van der Waals surface area contributed by atoms with Gasteiger partial charge in [0.15, 0.2) is 5.13 Å². The quantitative estimate of drug-likeness (QED) is 0.653. The third-order valence-electron chi connectivity index (χ3n) is 3.26. The molecule has 7 heteroatoms. The van der Waals surface area contributed by atoms with Gasteiger partial charge in [-0.2, -0.15) is 0 Å². The van der Waals surface area contributed by atoms with Crippen LogP contribution in [-0.4, -0.2) is 16.9 Å². The van der Waals surface area contributed by atoms with Gasteiger partial charge in [0.05, 0.1) is 0 Å². The number of anilines is 3. The first-order valence-electron chi connectivity index (χ1n) is 7.57. The number of para-hydroxylation sites is 1. The molecule has 6 nitrogen and oxygen atoms in total. The van der Waals surface area contributed by atoms with E-state index in [1.165, 1.54) is 11.3 Å². The summed E-state index contributed by atoms with van der Waals surface area (Å²) < 4.78 is 0. The number of rotatable bonds is 4. The molecule has 0 saturated heterocycles. The number of nitrogens with zero attached hydrogens (tertiary/aromatic N) is 1. The second-order valence-electron chi connectivity index (χ2n) is 5.31. The maximum Gasteiger partial charge on any atom is 0.325 e. The molecule has 0 bridgehead atoms. The first-order chi connectivity index (χ1) is 12.1. The molecule has 0 aliphatic rings. The van der Waals surface area contributed by atoms with E-state index in [2.05, 4.69) is 20.9 Å². The number of urea groups is 1. The Bertz CT molecular complexity index is 893. The molecule has 3 N–H and O–H groups in total. The summed E-state index contributed by atoms with van der Waals surface area (Å²) in [6.45, 7) is 1.95. The third-order valence-corrected chi connectivity index (χ3v) is 4.02. The zero-order valence-electron chi connectivity index (χ0n) is 13.4. The lowest BCUT2D eigenvalue weighted by Gasteiger charge is -2.06. The van der Waals surface area contributed by atoms with Crippen molar-refractivity contribution < 1.29 is 9.59 Å². The smallest absolute Gasteiger partial charge is 0.321 e. The molecule has 126 valence electrons. The summed E-state index contributed by atoms with van der Waals surface area (Å²) in [6, 6.07) is 16.2. The van der Waals surface area contributed by atoms with E-state index >= 15 is 0 Å². The van der Waals surface area contributed by atoms with Gasteiger partial charge in [0, 0.05) is 16.8 Å². The van der Waals surface area contributed by atoms with Crippen molar-refractivity contribution in [3.63, 3.8) is 0 Å². The monoisotopic (exact) mass is 352 g/mol. The van der Waals surface area contributed by atoms with Crippen molar-refractivity contribution in [2.75, 3.05) is 16.0 Å². The maximum absolute atomic E-state index is 12.1. The Labute approximate surface area is 148 Å². The molecule has 3 aromatic rings. The molecule has 2 aromatic carbocycles. The zero-order chi connectivity index (χ0) is 17.6. The lowest BCUT2D eigenvalue weighted by atomic mass is 10.2. The molecule has 0 aliphatic carbocycles. The summed E-state index contributed by atoms with van der Waals surface area (Å²) in [4.78, 5) is 28.3. The maximum atomic E-state index is 12.1. The molecule has 0 unspecified atom stereocenters. The van der Waals surface area contributed by atoms with E-state index in [0.29, 0.717) is 16.5 Å². The van der Waals surface area contributed by atoms with E-state index in [9.17, 15) is 9.59 Å². The second-order valence-corrected chi connectivity index (χ2v) is 6.16. The summed E-state index contributed by atoms with van der Waals surface area (Å²) in [5.41, 5.74) is 2.68.